The summed E-state index contributed by atoms with van der Waals surface area (Å²) in [7, 11) is 0. The van der Waals surface area contributed by atoms with Gasteiger partial charge in [0.15, 0.2) is 0 Å². The second-order valence-electron chi connectivity index (χ2n) is 10.6. The molecule has 0 bridgehead atoms. The zero-order valence-corrected chi connectivity index (χ0v) is 27.0. The monoisotopic (exact) mass is 571 g/mol. The van der Waals surface area contributed by atoms with Crippen LogP contribution in [0.2, 0.25) is 0 Å². The third-order valence-electron chi connectivity index (χ3n) is 6.79. The molecule has 0 fully saturated rings. The number of benzene rings is 3. The number of rotatable bonds is 13. The van der Waals surface area contributed by atoms with Crippen molar-refractivity contribution in [2.24, 2.45) is 4.99 Å². The Hall–Kier alpha value is -4.63. The standard InChI is InChI=1S/C22H28N2.C18H21N/c1-8-11-21(18(6)16(3)4)22(12-9-2)24-19(7)23-20-14-10-13-17(5)15-20;1-3-4-13-19-18-12-8-11-17(14-18)15(2)16-9-6-5-7-10-16/h8-15,23H,1,7H2,2-6H3;5-12,14,19H,2-4,13H2,1H3/b12-9-,21-11+,24-22+;. The molecule has 0 heterocycles. The maximum atomic E-state index is 4.69. The van der Waals surface area contributed by atoms with Gasteiger partial charge in [-0.3, -0.25) is 0 Å². The lowest BCUT2D eigenvalue weighted by molar-refractivity contribution is 0.834. The number of hydrogen-bond acceptors (Lipinski definition) is 3. The molecule has 224 valence electrons. The molecule has 0 unspecified atom stereocenters. The average Bonchev–Trinajstić information content (AvgIpc) is 3.00. The van der Waals surface area contributed by atoms with Gasteiger partial charge in [0, 0.05) is 23.5 Å². The van der Waals surface area contributed by atoms with Gasteiger partial charge in [-0.05, 0) is 99.2 Å². The largest absolute Gasteiger partial charge is 0.385 e. The molecule has 0 saturated carbocycles. The summed E-state index contributed by atoms with van der Waals surface area (Å²) in [6, 6.07) is 26.9. The van der Waals surface area contributed by atoms with E-state index >= 15 is 0 Å². The van der Waals surface area contributed by atoms with Gasteiger partial charge in [0.25, 0.3) is 0 Å². The van der Waals surface area contributed by atoms with Crippen LogP contribution in [0.15, 0.2) is 150 Å². The molecular weight excluding hydrogens is 522 g/mol. The third kappa shape index (κ3) is 12.0. The summed E-state index contributed by atoms with van der Waals surface area (Å²) in [5.41, 5.74) is 11.1. The summed E-state index contributed by atoms with van der Waals surface area (Å²) in [6.45, 7) is 25.6. The van der Waals surface area contributed by atoms with E-state index in [1.165, 1.54) is 46.4 Å². The quantitative estimate of drug-likeness (QED) is 0.122. The second-order valence-corrected chi connectivity index (χ2v) is 10.6. The Morgan fingerprint density at radius 2 is 1.53 bits per heavy atom. The number of aliphatic imine (C=N–C) groups is 1. The van der Waals surface area contributed by atoms with E-state index in [1.807, 2.05) is 55.5 Å². The first-order valence-corrected chi connectivity index (χ1v) is 15.0. The molecule has 0 aliphatic rings. The van der Waals surface area contributed by atoms with Crippen molar-refractivity contribution in [3.05, 3.63) is 162 Å². The molecule has 0 spiro atoms. The maximum Gasteiger partial charge on any atom is 0.123 e. The fourth-order valence-electron chi connectivity index (χ4n) is 4.23. The van der Waals surface area contributed by atoms with Crippen LogP contribution in [0, 0.1) is 6.92 Å². The van der Waals surface area contributed by atoms with Gasteiger partial charge in [0.2, 0.25) is 0 Å². The van der Waals surface area contributed by atoms with Crippen molar-refractivity contribution >= 4 is 22.7 Å². The van der Waals surface area contributed by atoms with E-state index in [-0.39, 0.29) is 0 Å². The van der Waals surface area contributed by atoms with Crippen molar-refractivity contribution < 1.29 is 0 Å². The topological polar surface area (TPSA) is 36.4 Å². The van der Waals surface area contributed by atoms with Crippen molar-refractivity contribution in [3.8, 4) is 0 Å². The maximum absolute atomic E-state index is 4.69. The Morgan fingerprint density at radius 1 is 0.860 bits per heavy atom. The van der Waals surface area contributed by atoms with Gasteiger partial charge in [-0.25, -0.2) is 4.99 Å². The highest BCUT2D eigenvalue weighted by atomic mass is 15.0. The van der Waals surface area contributed by atoms with E-state index in [0.717, 1.165) is 29.1 Å². The van der Waals surface area contributed by atoms with Gasteiger partial charge in [-0.15, -0.1) is 0 Å². The fraction of sp³-hybridized carbons (Fsp3) is 0.225. The van der Waals surface area contributed by atoms with Crippen molar-refractivity contribution in [1.29, 1.82) is 0 Å². The summed E-state index contributed by atoms with van der Waals surface area (Å²) >= 11 is 0. The molecule has 3 heteroatoms. The lowest BCUT2D eigenvalue weighted by Gasteiger charge is -2.12. The SMILES string of the molecule is C=C(c1ccccc1)c1cccc(NCCCC)c1.C=C/C=C(C(C)=C(C)C)/C(/C=C\C)=N/C(=C)Nc1cccc(C)c1. The molecule has 0 saturated heterocycles. The summed E-state index contributed by atoms with van der Waals surface area (Å²) in [4.78, 5) is 4.69. The predicted molar refractivity (Wildman–Crippen MR) is 193 cm³/mol. The van der Waals surface area contributed by atoms with Crippen LogP contribution in [0.4, 0.5) is 11.4 Å². The van der Waals surface area contributed by atoms with E-state index < -0.39 is 0 Å². The van der Waals surface area contributed by atoms with Crippen LogP contribution >= 0.6 is 0 Å². The van der Waals surface area contributed by atoms with E-state index in [1.54, 1.807) is 6.08 Å². The molecule has 3 aromatic carbocycles. The molecule has 3 aromatic rings. The number of unbranched alkanes of at least 4 members (excludes halogenated alkanes) is 1. The van der Waals surface area contributed by atoms with Crippen molar-refractivity contribution in [1.82, 2.24) is 0 Å². The van der Waals surface area contributed by atoms with Crippen LogP contribution in [0.3, 0.4) is 0 Å². The Kier molecular flexibility index (Phi) is 15.1. The zero-order valence-electron chi connectivity index (χ0n) is 27.0. The molecule has 43 heavy (non-hydrogen) atoms. The first-order chi connectivity index (χ1) is 20.7. The number of aryl methyl sites for hydroxylation is 1. The number of nitrogens with one attached hydrogen (secondary N) is 2. The highest BCUT2D eigenvalue weighted by Gasteiger charge is 2.08. The molecular formula is C40H49N3. The highest BCUT2D eigenvalue weighted by Crippen LogP contribution is 2.24. The summed E-state index contributed by atoms with van der Waals surface area (Å²) < 4.78 is 0. The van der Waals surface area contributed by atoms with Gasteiger partial charge < -0.3 is 10.6 Å². The molecule has 0 aliphatic heterocycles. The zero-order chi connectivity index (χ0) is 31.6. The van der Waals surface area contributed by atoms with Gasteiger partial charge in [0.1, 0.15) is 5.82 Å². The number of hydrogen-bond donors (Lipinski definition) is 2. The lowest BCUT2D eigenvalue weighted by Crippen LogP contribution is -2.06. The minimum absolute atomic E-state index is 0.602. The molecule has 3 nitrogen and oxygen atoms in total. The molecule has 0 aromatic heterocycles. The molecule has 0 amide bonds. The lowest BCUT2D eigenvalue weighted by atomic mass is 9.98. The van der Waals surface area contributed by atoms with E-state index in [2.05, 4.69) is 119 Å². The molecule has 3 rings (SSSR count). The van der Waals surface area contributed by atoms with E-state index in [9.17, 15) is 0 Å². The summed E-state index contributed by atoms with van der Waals surface area (Å²) in [5, 5.41) is 6.70. The Labute approximate surface area is 260 Å². The number of allylic oxidation sites excluding steroid dienone is 7. The molecule has 0 radical (unpaired) electrons. The minimum atomic E-state index is 0.602. The van der Waals surface area contributed by atoms with E-state index in [4.69, 9.17) is 0 Å². The number of nitrogens with zero attached hydrogens (tertiary/aromatic N) is 1. The number of anilines is 2. The van der Waals surface area contributed by atoms with Gasteiger partial charge in [-0.2, -0.15) is 0 Å². The van der Waals surface area contributed by atoms with Crippen LogP contribution in [0.5, 0.6) is 0 Å². The van der Waals surface area contributed by atoms with E-state index in [0.29, 0.717) is 5.82 Å². The minimum Gasteiger partial charge on any atom is -0.385 e. The highest BCUT2D eigenvalue weighted by molar-refractivity contribution is 6.12. The Morgan fingerprint density at radius 3 is 2.16 bits per heavy atom. The van der Waals surface area contributed by atoms with Gasteiger partial charge >= 0.3 is 0 Å². The Balaban J connectivity index is 0.000000307. The van der Waals surface area contributed by atoms with Crippen LogP contribution < -0.4 is 10.6 Å². The van der Waals surface area contributed by atoms with Crippen LogP contribution in [0.1, 0.15) is 64.2 Å². The first-order valence-electron chi connectivity index (χ1n) is 15.0. The van der Waals surface area contributed by atoms with Gasteiger partial charge in [0.05, 0.1) is 5.71 Å². The smallest absolute Gasteiger partial charge is 0.123 e. The van der Waals surface area contributed by atoms with Crippen molar-refractivity contribution in [3.63, 3.8) is 0 Å². The molecule has 0 atom stereocenters. The van der Waals surface area contributed by atoms with Crippen molar-refractivity contribution in [2.75, 3.05) is 17.2 Å². The van der Waals surface area contributed by atoms with Crippen LogP contribution in [0.25, 0.3) is 5.57 Å². The van der Waals surface area contributed by atoms with Crippen LogP contribution in [-0.2, 0) is 0 Å². The Bertz CT molecular complexity index is 1480. The predicted octanol–water partition coefficient (Wildman–Crippen LogP) is 11.3. The third-order valence-corrected chi connectivity index (χ3v) is 6.79. The second kappa shape index (κ2) is 18.7. The normalized spacial score (nSPS) is 11.3. The van der Waals surface area contributed by atoms with Crippen LogP contribution in [-0.4, -0.2) is 12.3 Å². The summed E-state index contributed by atoms with van der Waals surface area (Å²) in [5.74, 6) is 0.602. The van der Waals surface area contributed by atoms with Crippen molar-refractivity contribution in [2.45, 2.75) is 54.4 Å². The molecule has 2 N–H and O–H groups in total. The van der Waals surface area contributed by atoms with Gasteiger partial charge in [-0.1, -0.05) is 111 Å². The molecule has 0 aliphatic carbocycles. The summed E-state index contributed by atoms with van der Waals surface area (Å²) in [6.07, 6.45) is 10.2. The fourth-order valence-corrected chi connectivity index (χ4v) is 4.23. The average molecular weight is 572 g/mol. The first kappa shape index (κ1) is 34.6.